The zero-order valence-electron chi connectivity index (χ0n) is 15.2. The van der Waals surface area contributed by atoms with E-state index in [1.807, 2.05) is 0 Å². The van der Waals surface area contributed by atoms with Gasteiger partial charge in [0.25, 0.3) is 4.83 Å². The van der Waals surface area contributed by atoms with Crippen molar-refractivity contribution in [1.29, 1.82) is 0 Å². The number of thiophene rings is 1. The summed E-state index contributed by atoms with van der Waals surface area (Å²) in [5.74, 6) is 0.955. The standard InChI is InChI=1S/C21H12ClN3O4S/c22-12-4-3-5-13(10-12)29-17-7-2-1-6-15(17)25-16-8-9-23-19-18(16)14(24-20(25)26)11-30(19)21(27)28/h1-11H,(H-,24,26,27,28). The van der Waals surface area contributed by atoms with E-state index in [2.05, 4.69) is 10.3 Å². The van der Waals surface area contributed by atoms with E-state index in [-0.39, 0.29) is 0 Å². The van der Waals surface area contributed by atoms with Gasteiger partial charge in [-0.3, -0.25) is 4.90 Å². The number of rotatable bonds is 4. The fraction of sp³-hybridized carbons (Fsp3) is 0. The number of aromatic nitrogens is 1. The van der Waals surface area contributed by atoms with Crippen molar-refractivity contribution in [2.45, 2.75) is 0 Å². The normalized spacial score (nSPS) is 13.3. The second-order valence-electron chi connectivity index (χ2n) is 6.42. The Morgan fingerprint density at radius 1 is 1.13 bits per heavy atom. The summed E-state index contributed by atoms with van der Waals surface area (Å²) in [6, 6.07) is 15.2. The number of anilines is 3. The average Bonchev–Trinajstić information content (AvgIpc) is 3.09. The zero-order valence-corrected chi connectivity index (χ0v) is 16.7. The number of carbonyl (C=O) groups is 2. The van der Waals surface area contributed by atoms with Gasteiger partial charge < -0.3 is 20.0 Å². The summed E-state index contributed by atoms with van der Waals surface area (Å²) >= 11 is 6.05. The van der Waals surface area contributed by atoms with E-state index in [0.29, 0.717) is 43.8 Å². The number of pyridine rings is 1. The third kappa shape index (κ3) is 2.94. The lowest BCUT2D eigenvalue weighted by Gasteiger charge is -2.28. The minimum atomic E-state index is -1.33. The van der Waals surface area contributed by atoms with Crippen LogP contribution < -0.4 is 20.1 Å². The maximum absolute atomic E-state index is 13.0. The molecular formula is C21H12ClN3O4S. The van der Waals surface area contributed by atoms with E-state index in [0.717, 1.165) is 0 Å². The second-order valence-corrected chi connectivity index (χ2v) is 8.49. The van der Waals surface area contributed by atoms with Gasteiger partial charge in [0.05, 0.1) is 21.8 Å². The molecule has 1 atom stereocenters. The molecule has 2 aromatic heterocycles. The van der Waals surface area contributed by atoms with Gasteiger partial charge in [0.1, 0.15) is 16.8 Å². The molecule has 0 saturated carbocycles. The van der Waals surface area contributed by atoms with Gasteiger partial charge in [0.15, 0.2) is 11.1 Å². The van der Waals surface area contributed by atoms with Crippen molar-refractivity contribution in [1.82, 2.24) is 4.98 Å². The molecule has 2 aromatic carbocycles. The van der Waals surface area contributed by atoms with Crippen molar-refractivity contribution in [2.24, 2.45) is 0 Å². The molecule has 148 valence electrons. The maximum atomic E-state index is 13.0. The molecule has 0 radical (unpaired) electrons. The number of hydrogen-bond acceptors (Lipinski definition) is 5. The van der Waals surface area contributed by atoms with E-state index < -0.39 is 21.8 Å². The first kappa shape index (κ1) is 18.4. The smallest absolute Gasteiger partial charge is 0.331 e. The van der Waals surface area contributed by atoms with Crippen LogP contribution in [0.5, 0.6) is 11.5 Å². The Balaban J connectivity index is 1.66. The van der Waals surface area contributed by atoms with Crippen molar-refractivity contribution >= 4 is 60.7 Å². The van der Waals surface area contributed by atoms with Crippen molar-refractivity contribution in [3.63, 3.8) is 0 Å². The molecule has 0 spiro atoms. The maximum Gasteiger partial charge on any atom is 0.331 e. The fourth-order valence-electron chi connectivity index (χ4n) is 3.40. The number of carbonyl (C=O) groups excluding carboxylic acids is 2. The molecule has 0 saturated heterocycles. The van der Waals surface area contributed by atoms with Gasteiger partial charge in [-0.2, -0.15) is 0 Å². The second kappa shape index (κ2) is 7.01. The quantitative estimate of drug-likeness (QED) is 0.437. The molecular weight excluding hydrogens is 426 g/mol. The van der Waals surface area contributed by atoms with Crippen LogP contribution in [0, 0.1) is 0 Å². The predicted molar refractivity (Wildman–Crippen MR) is 114 cm³/mol. The molecule has 5 rings (SSSR count). The molecule has 1 unspecified atom stereocenters. The highest BCUT2D eigenvalue weighted by molar-refractivity contribution is 7.54. The molecule has 1 aliphatic heterocycles. The number of urea groups is 1. The number of nitrogens with one attached hydrogen (secondary N) is 1. The van der Waals surface area contributed by atoms with Crippen LogP contribution in [-0.4, -0.2) is 16.3 Å². The summed E-state index contributed by atoms with van der Waals surface area (Å²) < 4.78 is 6.00. The molecule has 0 bridgehead atoms. The lowest BCUT2D eigenvalue weighted by molar-refractivity contribution is -0.233. The number of nitrogens with zero attached hydrogens (tertiary/aromatic N) is 2. The molecule has 0 aliphatic carbocycles. The van der Waals surface area contributed by atoms with Crippen molar-refractivity contribution in [2.75, 3.05) is 10.2 Å². The number of ether oxygens (including phenoxy) is 1. The Kier molecular flexibility index (Phi) is 4.30. The molecule has 0 fully saturated rings. The Bertz CT molecular complexity index is 1340. The van der Waals surface area contributed by atoms with Gasteiger partial charge in [0.2, 0.25) is 0 Å². The van der Waals surface area contributed by atoms with Crippen LogP contribution in [0.25, 0.3) is 10.2 Å². The number of amides is 2. The zero-order chi connectivity index (χ0) is 20.8. The Morgan fingerprint density at radius 3 is 2.77 bits per heavy atom. The number of halogens is 1. The first-order valence-electron chi connectivity index (χ1n) is 8.82. The predicted octanol–water partition coefficient (Wildman–Crippen LogP) is 5.30. The average molecular weight is 438 g/mol. The molecule has 30 heavy (non-hydrogen) atoms. The summed E-state index contributed by atoms with van der Waals surface area (Å²) in [6.45, 7) is 0. The van der Waals surface area contributed by atoms with Crippen LogP contribution >= 0.6 is 22.1 Å². The highest BCUT2D eigenvalue weighted by Crippen LogP contribution is 2.48. The lowest BCUT2D eigenvalue weighted by Crippen LogP contribution is -2.33. The monoisotopic (exact) mass is 437 g/mol. The summed E-state index contributed by atoms with van der Waals surface area (Å²) in [6.07, 6.45) is 1.49. The van der Waals surface area contributed by atoms with Gasteiger partial charge in [0, 0.05) is 11.2 Å². The van der Waals surface area contributed by atoms with Gasteiger partial charge in [-0.05, 0) is 36.4 Å². The Morgan fingerprint density at radius 2 is 1.97 bits per heavy atom. The van der Waals surface area contributed by atoms with Crippen LogP contribution in [-0.2, 0) is 0 Å². The van der Waals surface area contributed by atoms with Gasteiger partial charge >= 0.3 is 11.3 Å². The van der Waals surface area contributed by atoms with Crippen molar-refractivity contribution < 1.29 is 19.4 Å². The third-order valence-corrected chi connectivity index (χ3v) is 6.39. The minimum Gasteiger partial charge on any atom is -0.500 e. The number of carboxylic acid groups (broad SMARTS) is 1. The van der Waals surface area contributed by atoms with Crippen LogP contribution in [0.15, 0.2) is 66.2 Å². The van der Waals surface area contributed by atoms with E-state index in [1.54, 1.807) is 54.6 Å². The number of benzene rings is 2. The van der Waals surface area contributed by atoms with Gasteiger partial charge in [-0.1, -0.05) is 29.8 Å². The molecule has 1 aliphatic rings. The van der Waals surface area contributed by atoms with Crippen LogP contribution in [0.1, 0.15) is 0 Å². The summed E-state index contributed by atoms with van der Waals surface area (Å²) in [5, 5.41) is 15.6. The summed E-state index contributed by atoms with van der Waals surface area (Å²) in [7, 11) is -1.33. The molecule has 1 N–H and O–H groups in total. The van der Waals surface area contributed by atoms with Gasteiger partial charge in [-0.25, -0.2) is 9.78 Å². The molecule has 7 nitrogen and oxygen atoms in total. The first-order valence-corrected chi connectivity index (χ1v) is 10.5. The Hall–Kier alpha value is -3.62. The van der Waals surface area contributed by atoms with E-state index >= 15 is 0 Å². The molecule has 3 heterocycles. The highest BCUT2D eigenvalue weighted by Gasteiger charge is 2.35. The molecule has 9 heteroatoms. The summed E-state index contributed by atoms with van der Waals surface area (Å²) in [5.41, 5.74) is 1.44. The van der Waals surface area contributed by atoms with Crippen molar-refractivity contribution in [3.05, 3.63) is 71.2 Å². The Labute approximate surface area is 178 Å². The SMILES string of the molecule is O=C1Nc2c[s+](C(=O)[O-])c3nccc(c23)N1c1ccccc1Oc1cccc(Cl)c1. The highest BCUT2D eigenvalue weighted by atomic mass is 35.5. The van der Waals surface area contributed by atoms with Crippen LogP contribution in [0.2, 0.25) is 5.02 Å². The van der Waals surface area contributed by atoms with Gasteiger partial charge in [-0.15, -0.1) is 0 Å². The largest absolute Gasteiger partial charge is 0.500 e. The third-order valence-electron chi connectivity index (χ3n) is 4.60. The van der Waals surface area contributed by atoms with E-state index in [4.69, 9.17) is 16.3 Å². The summed E-state index contributed by atoms with van der Waals surface area (Å²) in [4.78, 5) is 30.6. The number of para-hydroxylation sites is 2. The molecule has 2 amide bonds. The minimum absolute atomic E-state index is 0.362. The van der Waals surface area contributed by atoms with Crippen molar-refractivity contribution in [3.8, 4) is 11.5 Å². The first-order chi connectivity index (χ1) is 14.5. The van der Waals surface area contributed by atoms with E-state index in [9.17, 15) is 14.7 Å². The van der Waals surface area contributed by atoms with Crippen LogP contribution in [0.4, 0.5) is 26.7 Å². The lowest BCUT2D eigenvalue weighted by atomic mass is 10.1. The van der Waals surface area contributed by atoms with Crippen LogP contribution in [0.3, 0.4) is 0 Å². The molecule has 4 aromatic rings. The topological polar surface area (TPSA) is 94.6 Å². The van der Waals surface area contributed by atoms with E-state index in [1.165, 1.54) is 16.5 Å². The number of hydrogen-bond donors (Lipinski definition) is 1. The fourth-order valence-corrected chi connectivity index (χ4v) is 4.96.